The summed E-state index contributed by atoms with van der Waals surface area (Å²) in [6, 6.07) is 11.4. The molecular weight excluding hydrogens is 407 g/mol. The summed E-state index contributed by atoms with van der Waals surface area (Å²) < 4.78 is 7.99. The summed E-state index contributed by atoms with van der Waals surface area (Å²) in [5.41, 5.74) is 1.39. The zero-order valence-electron chi connectivity index (χ0n) is 12.5. The fourth-order valence-corrected chi connectivity index (χ4v) is 2.73. The van der Waals surface area contributed by atoms with Crippen molar-refractivity contribution in [2.45, 2.75) is 12.8 Å². The maximum absolute atomic E-state index is 12.3. The zero-order chi connectivity index (χ0) is 16.2. The van der Waals surface area contributed by atoms with E-state index in [0.717, 1.165) is 22.1 Å². The van der Waals surface area contributed by atoms with Crippen LogP contribution in [0.1, 0.15) is 23.3 Å². The monoisotopic (exact) mass is 424 g/mol. The molecule has 0 spiro atoms. The second-order valence-corrected chi connectivity index (χ2v) is 6.80. The van der Waals surface area contributed by atoms with E-state index >= 15 is 0 Å². The molecule has 1 saturated carbocycles. The van der Waals surface area contributed by atoms with Gasteiger partial charge in [-0.25, -0.2) is 0 Å². The van der Waals surface area contributed by atoms with Crippen molar-refractivity contribution >= 4 is 34.5 Å². The summed E-state index contributed by atoms with van der Waals surface area (Å²) >= 11 is 2.23. The van der Waals surface area contributed by atoms with E-state index in [-0.39, 0.29) is 12.5 Å². The number of nitrogens with one attached hydrogen (secondary N) is 1. The summed E-state index contributed by atoms with van der Waals surface area (Å²) in [6.45, 7) is 0.358. The zero-order valence-corrected chi connectivity index (χ0v) is 14.7. The molecule has 1 aromatic carbocycles. The van der Waals surface area contributed by atoms with E-state index in [1.165, 1.54) is 0 Å². The van der Waals surface area contributed by atoms with Crippen molar-refractivity contribution in [1.29, 1.82) is 0 Å². The molecule has 2 aromatic rings. The Labute approximate surface area is 148 Å². The van der Waals surface area contributed by atoms with Gasteiger partial charge in [0.2, 0.25) is 0 Å². The average Bonchev–Trinajstić information content (AvgIpc) is 3.24. The van der Waals surface area contributed by atoms with Crippen LogP contribution in [0.5, 0.6) is 0 Å². The summed E-state index contributed by atoms with van der Waals surface area (Å²) in [7, 11) is 0. The third-order valence-corrected chi connectivity index (χ3v) is 4.31. The van der Waals surface area contributed by atoms with Crippen LogP contribution in [0.2, 0.25) is 0 Å². The lowest BCUT2D eigenvalue weighted by atomic mass is 10.3. The number of carbonyl (C=O) groups excluding carboxylic acids is 2. The Bertz CT molecular complexity index is 722. The fraction of sp³-hybridized carbons (Fsp3) is 0.294. The molecule has 3 rings (SSSR count). The van der Waals surface area contributed by atoms with Crippen LogP contribution in [-0.2, 0) is 9.53 Å². The molecular formula is C17H17IN2O3. The van der Waals surface area contributed by atoms with Gasteiger partial charge < -0.3 is 14.6 Å². The number of halogens is 1. The Balaban J connectivity index is 1.61. The summed E-state index contributed by atoms with van der Waals surface area (Å²) in [5, 5.41) is 2.62. The Morgan fingerprint density at radius 3 is 2.83 bits per heavy atom. The molecule has 1 N–H and O–H groups in total. The minimum Gasteiger partial charge on any atom is -0.464 e. The number of ether oxygens (including phenoxy) is 1. The average molecular weight is 424 g/mol. The first-order chi connectivity index (χ1) is 11.1. The van der Waals surface area contributed by atoms with Gasteiger partial charge in [0.05, 0.1) is 6.61 Å². The Morgan fingerprint density at radius 1 is 1.26 bits per heavy atom. The van der Waals surface area contributed by atoms with Crippen LogP contribution in [0.25, 0.3) is 5.69 Å². The summed E-state index contributed by atoms with van der Waals surface area (Å²) in [6.07, 6.45) is 4.08. The van der Waals surface area contributed by atoms with Gasteiger partial charge in [0.15, 0.2) is 0 Å². The van der Waals surface area contributed by atoms with Gasteiger partial charge in [-0.1, -0.05) is 6.07 Å². The number of aromatic nitrogens is 1. The molecule has 0 saturated heterocycles. The van der Waals surface area contributed by atoms with Gasteiger partial charge >= 0.3 is 5.97 Å². The lowest BCUT2D eigenvalue weighted by Crippen LogP contribution is -2.32. The quantitative estimate of drug-likeness (QED) is 0.573. The maximum Gasteiger partial charge on any atom is 0.325 e. The van der Waals surface area contributed by atoms with E-state index in [1.54, 1.807) is 16.7 Å². The molecule has 1 aliphatic rings. The third-order valence-electron chi connectivity index (χ3n) is 3.64. The highest BCUT2D eigenvalue weighted by atomic mass is 127. The van der Waals surface area contributed by atoms with Crippen LogP contribution in [0, 0.1) is 9.49 Å². The van der Waals surface area contributed by atoms with Gasteiger partial charge in [0.25, 0.3) is 5.91 Å². The fourth-order valence-electron chi connectivity index (χ4n) is 2.21. The molecule has 0 aliphatic heterocycles. The van der Waals surface area contributed by atoms with E-state index in [9.17, 15) is 9.59 Å². The molecule has 0 radical (unpaired) electrons. The predicted octanol–water partition coefficient (Wildman–Crippen LogP) is 2.76. The molecule has 0 bridgehead atoms. The van der Waals surface area contributed by atoms with Crippen LogP contribution < -0.4 is 5.32 Å². The number of hydrogen-bond donors (Lipinski definition) is 1. The van der Waals surface area contributed by atoms with E-state index < -0.39 is 5.97 Å². The van der Waals surface area contributed by atoms with Crippen molar-refractivity contribution in [2.24, 2.45) is 5.92 Å². The van der Waals surface area contributed by atoms with Gasteiger partial charge in [-0.2, -0.15) is 0 Å². The molecule has 120 valence electrons. The lowest BCUT2D eigenvalue weighted by Gasteiger charge is -2.10. The largest absolute Gasteiger partial charge is 0.464 e. The van der Waals surface area contributed by atoms with E-state index in [0.29, 0.717) is 18.2 Å². The number of amides is 1. The second kappa shape index (κ2) is 7.16. The summed E-state index contributed by atoms with van der Waals surface area (Å²) in [5.74, 6) is -0.165. The minimum absolute atomic E-state index is 0.108. The van der Waals surface area contributed by atoms with Crippen LogP contribution in [0.15, 0.2) is 42.6 Å². The minimum atomic E-state index is -0.391. The van der Waals surface area contributed by atoms with Crippen molar-refractivity contribution < 1.29 is 14.3 Å². The topological polar surface area (TPSA) is 60.3 Å². The smallest absolute Gasteiger partial charge is 0.325 e. The molecule has 23 heavy (non-hydrogen) atoms. The second-order valence-electron chi connectivity index (χ2n) is 5.55. The Kier molecular flexibility index (Phi) is 5.00. The molecule has 1 amide bonds. The first kappa shape index (κ1) is 16.0. The van der Waals surface area contributed by atoms with Crippen LogP contribution in [-0.4, -0.2) is 29.6 Å². The highest BCUT2D eigenvalue weighted by Gasteiger charge is 2.23. The Hall–Kier alpha value is -1.83. The molecule has 6 heteroatoms. The lowest BCUT2D eigenvalue weighted by molar-refractivity contribution is -0.142. The molecule has 5 nitrogen and oxygen atoms in total. The van der Waals surface area contributed by atoms with E-state index in [1.807, 2.05) is 30.5 Å². The molecule has 0 atom stereocenters. The molecule has 1 aromatic heterocycles. The van der Waals surface area contributed by atoms with Gasteiger partial charge in [-0.15, -0.1) is 0 Å². The normalized spacial score (nSPS) is 13.6. The first-order valence-electron chi connectivity index (χ1n) is 7.50. The van der Waals surface area contributed by atoms with Gasteiger partial charge in [0.1, 0.15) is 12.2 Å². The number of hydrogen-bond acceptors (Lipinski definition) is 3. The van der Waals surface area contributed by atoms with Gasteiger partial charge in [-0.3, -0.25) is 9.59 Å². The SMILES string of the molecule is O=C(CNC(=O)c1cccn1-c1cccc(I)c1)OCC1CC1. The molecule has 1 fully saturated rings. The number of benzene rings is 1. The molecule has 1 heterocycles. The number of carbonyl (C=O) groups is 2. The maximum atomic E-state index is 12.3. The number of nitrogens with zero attached hydrogens (tertiary/aromatic N) is 1. The van der Waals surface area contributed by atoms with Crippen molar-refractivity contribution in [2.75, 3.05) is 13.2 Å². The van der Waals surface area contributed by atoms with Crippen molar-refractivity contribution in [3.8, 4) is 5.69 Å². The summed E-state index contributed by atoms with van der Waals surface area (Å²) in [4.78, 5) is 23.9. The standard InChI is InChI=1S/C17H17IN2O3/c18-13-3-1-4-14(9-13)20-8-2-5-15(20)17(22)19-10-16(21)23-11-12-6-7-12/h1-5,8-9,12H,6-7,10-11H2,(H,19,22). The highest BCUT2D eigenvalue weighted by molar-refractivity contribution is 14.1. The predicted molar refractivity (Wildman–Crippen MR) is 94.5 cm³/mol. The van der Waals surface area contributed by atoms with E-state index in [2.05, 4.69) is 27.9 Å². The molecule has 1 aliphatic carbocycles. The van der Waals surface area contributed by atoms with Crippen LogP contribution >= 0.6 is 22.6 Å². The van der Waals surface area contributed by atoms with Gasteiger partial charge in [-0.05, 0) is 71.7 Å². The molecule has 0 unspecified atom stereocenters. The van der Waals surface area contributed by atoms with Crippen molar-refractivity contribution in [3.63, 3.8) is 0 Å². The number of rotatable bonds is 6. The third kappa shape index (κ3) is 4.34. The number of esters is 1. The Morgan fingerprint density at radius 2 is 2.09 bits per heavy atom. The van der Waals surface area contributed by atoms with Crippen molar-refractivity contribution in [3.05, 3.63) is 51.9 Å². The van der Waals surface area contributed by atoms with Crippen molar-refractivity contribution in [1.82, 2.24) is 9.88 Å². The van der Waals surface area contributed by atoms with E-state index in [4.69, 9.17) is 4.74 Å². The highest BCUT2D eigenvalue weighted by Crippen LogP contribution is 2.28. The van der Waals surface area contributed by atoms with Crippen LogP contribution in [0.4, 0.5) is 0 Å². The van der Waals surface area contributed by atoms with Crippen LogP contribution in [0.3, 0.4) is 0 Å². The first-order valence-corrected chi connectivity index (χ1v) is 8.58. The van der Waals surface area contributed by atoms with Gasteiger partial charge in [0, 0.05) is 15.5 Å².